The van der Waals surface area contributed by atoms with Gasteiger partial charge in [-0.2, -0.15) is 5.26 Å². The highest BCUT2D eigenvalue weighted by Crippen LogP contribution is 2.29. The fourth-order valence-corrected chi connectivity index (χ4v) is 3.49. The smallest absolute Gasteiger partial charge is 0.251 e. The van der Waals surface area contributed by atoms with E-state index in [2.05, 4.69) is 26.3 Å². The topological polar surface area (TPSA) is 111 Å². The minimum absolute atomic E-state index is 0.0975. The van der Waals surface area contributed by atoms with Crippen LogP contribution in [0.5, 0.6) is 5.75 Å². The Balaban J connectivity index is 1.73. The average Bonchev–Trinajstić information content (AvgIpc) is 3.20. The molecule has 2 heterocycles. The Morgan fingerprint density at radius 1 is 1.43 bits per heavy atom. The molecule has 1 atom stereocenters. The van der Waals surface area contributed by atoms with E-state index < -0.39 is 0 Å². The first-order chi connectivity index (χ1) is 13.7. The lowest BCUT2D eigenvalue weighted by Gasteiger charge is -2.18. The summed E-state index contributed by atoms with van der Waals surface area (Å²) in [6, 6.07) is 7.45. The van der Waals surface area contributed by atoms with Crippen molar-refractivity contribution in [3.8, 4) is 11.8 Å². The van der Waals surface area contributed by atoms with Gasteiger partial charge >= 0.3 is 0 Å². The minimum Gasteiger partial charge on any atom is -0.496 e. The number of aliphatic hydroxyl groups excluding tert-OH is 1. The van der Waals surface area contributed by atoms with Crippen LogP contribution in [0, 0.1) is 17.2 Å². The molecule has 1 unspecified atom stereocenters. The number of anilines is 1. The van der Waals surface area contributed by atoms with Crippen LogP contribution in [0.2, 0.25) is 0 Å². The van der Waals surface area contributed by atoms with Gasteiger partial charge in [0, 0.05) is 37.6 Å². The SMILES string of the molecule is COc1ccc(C(=O)NCCO)cc1CC1CCN(c2nccnc2C#N)C1. The zero-order chi connectivity index (χ0) is 19.9. The fraction of sp³-hybridized carbons (Fsp3) is 0.400. The molecule has 0 saturated carbocycles. The number of ether oxygens (including phenoxy) is 1. The number of nitrogens with one attached hydrogen (secondary N) is 1. The van der Waals surface area contributed by atoms with Crippen molar-refractivity contribution in [3.05, 3.63) is 47.4 Å². The Bertz CT molecular complexity index is 880. The molecule has 1 aromatic heterocycles. The molecule has 0 bridgehead atoms. The van der Waals surface area contributed by atoms with Crippen LogP contribution in [0.25, 0.3) is 0 Å². The summed E-state index contributed by atoms with van der Waals surface area (Å²) >= 11 is 0. The van der Waals surface area contributed by atoms with Crippen LogP contribution in [-0.4, -0.2) is 54.3 Å². The molecule has 1 aromatic carbocycles. The summed E-state index contributed by atoms with van der Waals surface area (Å²) in [4.78, 5) is 22.7. The summed E-state index contributed by atoms with van der Waals surface area (Å²) in [5.74, 6) is 1.49. The van der Waals surface area contributed by atoms with Crippen LogP contribution in [-0.2, 0) is 6.42 Å². The molecule has 1 saturated heterocycles. The minimum atomic E-state index is -0.218. The summed E-state index contributed by atoms with van der Waals surface area (Å²) in [5, 5.41) is 20.8. The van der Waals surface area contributed by atoms with Crippen LogP contribution >= 0.6 is 0 Å². The first kappa shape index (κ1) is 19.6. The molecule has 0 spiro atoms. The summed E-state index contributed by atoms with van der Waals surface area (Å²) in [7, 11) is 1.62. The predicted molar refractivity (Wildman–Crippen MR) is 103 cm³/mol. The second kappa shape index (κ2) is 9.15. The molecule has 0 aliphatic carbocycles. The molecule has 1 fully saturated rings. The maximum absolute atomic E-state index is 12.2. The van der Waals surface area contributed by atoms with Crippen LogP contribution in [0.4, 0.5) is 5.82 Å². The monoisotopic (exact) mass is 381 g/mol. The zero-order valence-corrected chi connectivity index (χ0v) is 15.8. The number of benzene rings is 1. The van der Waals surface area contributed by atoms with Crippen LogP contribution in [0.15, 0.2) is 30.6 Å². The Hall–Kier alpha value is -3.18. The van der Waals surface area contributed by atoms with E-state index >= 15 is 0 Å². The molecule has 1 aliphatic heterocycles. The Morgan fingerprint density at radius 3 is 3.00 bits per heavy atom. The molecule has 3 rings (SSSR count). The van der Waals surface area contributed by atoms with E-state index in [0.29, 0.717) is 23.0 Å². The fourth-order valence-electron chi connectivity index (χ4n) is 3.49. The number of rotatable bonds is 7. The Kier molecular flexibility index (Phi) is 6.40. The van der Waals surface area contributed by atoms with Gasteiger partial charge in [-0.1, -0.05) is 0 Å². The quantitative estimate of drug-likeness (QED) is 0.740. The van der Waals surface area contributed by atoms with Gasteiger partial charge in [0.1, 0.15) is 11.8 Å². The maximum atomic E-state index is 12.2. The Labute approximate surface area is 163 Å². The van der Waals surface area contributed by atoms with Gasteiger partial charge in [-0.15, -0.1) is 0 Å². The van der Waals surface area contributed by atoms with Crippen molar-refractivity contribution < 1.29 is 14.6 Å². The second-order valence-electron chi connectivity index (χ2n) is 6.65. The van der Waals surface area contributed by atoms with E-state index in [1.165, 1.54) is 6.20 Å². The second-order valence-corrected chi connectivity index (χ2v) is 6.65. The largest absolute Gasteiger partial charge is 0.496 e. The van der Waals surface area contributed by atoms with E-state index in [-0.39, 0.29) is 19.1 Å². The molecular weight excluding hydrogens is 358 g/mol. The van der Waals surface area contributed by atoms with Crippen molar-refractivity contribution in [3.63, 3.8) is 0 Å². The van der Waals surface area contributed by atoms with Crippen molar-refractivity contribution in [1.82, 2.24) is 15.3 Å². The van der Waals surface area contributed by atoms with Gasteiger partial charge in [0.25, 0.3) is 5.91 Å². The van der Waals surface area contributed by atoms with Gasteiger partial charge in [-0.3, -0.25) is 4.79 Å². The molecule has 1 aliphatic rings. The number of hydrogen-bond donors (Lipinski definition) is 2. The molecular formula is C20H23N5O3. The summed E-state index contributed by atoms with van der Waals surface area (Å²) < 4.78 is 5.47. The number of hydrogen-bond acceptors (Lipinski definition) is 7. The van der Waals surface area contributed by atoms with Gasteiger partial charge in [-0.05, 0) is 42.5 Å². The summed E-state index contributed by atoms with van der Waals surface area (Å²) in [6.45, 7) is 1.69. The number of amides is 1. The number of nitrogens with zero attached hydrogens (tertiary/aromatic N) is 4. The third kappa shape index (κ3) is 4.38. The van der Waals surface area contributed by atoms with E-state index in [4.69, 9.17) is 9.84 Å². The lowest BCUT2D eigenvalue weighted by Crippen LogP contribution is -2.26. The standard InChI is InChI=1S/C20H23N5O3/c1-28-18-3-2-15(20(27)24-7-9-26)11-16(18)10-14-4-8-25(13-14)19-17(12-21)22-5-6-23-19/h2-3,5-6,11,14,26H,4,7-10,13H2,1H3,(H,24,27). The van der Waals surface area contributed by atoms with Crippen molar-refractivity contribution in [2.24, 2.45) is 5.92 Å². The molecule has 1 amide bonds. The summed E-state index contributed by atoms with van der Waals surface area (Å²) in [5.41, 5.74) is 1.84. The molecule has 2 aromatic rings. The van der Waals surface area contributed by atoms with Gasteiger partial charge in [0.15, 0.2) is 11.5 Å². The highest BCUT2D eigenvalue weighted by Gasteiger charge is 2.27. The van der Waals surface area contributed by atoms with Crippen molar-refractivity contribution in [2.75, 3.05) is 38.3 Å². The third-order valence-corrected chi connectivity index (χ3v) is 4.82. The van der Waals surface area contributed by atoms with Crippen molar-refractivity contribution in [1.29, 1.82) is 5.26 Å². The highest BCUT2D eigenvalue weighted by atomic mass is 16.5. The molecule has 8 heteroatoms. The van der Waals surface area contributed by atoms with Crippen LogP contribution < -0.4 is 15.0 Å². The summed E-state index contributed by atoms with van der Waals surface area (Å²) in [6.07, 6.45) is 4.82. The normalized spacial score (nSPS) is 15.9. The Morgan fingerprint density at radius 2 is 2.25 bits per heavy atom. The van der Waals surface area contributed by atoms with E-state index in [1.807, 2.05) is 6.07 Å². The van der Waals surface area contributed by atoms with Gasteiger partial charge in [0.2, 0.25) is 0 Å². The number of methoxy groups -OCH3 is 1. The molecule has 2 N–H and O–H groups in total. The van der Waals surface area contributed by atoms with E-state index in [9.17, 15) is 10.1 Å². The van der Waals surface area contributed by atoms with Gasteiger partial charge < -0.3 is 20.1 Å². The molecule has 146 valence electrons. The highest BCUT2D eigenvalue weighted by molar-refractivity contribution is 5.94. The third-order valence-electron chi connectivity index (χ3n) is 4.82. The maximum Gasteiger partial charge on any atom is 0.251 e. The van der Waals surface area contributed by atoms with Gasteiger partial charge in [0.05, 0.1) is 13.7 Å². The molecule has 0 radical (unpaired) electrons. The van der Waals surface area contributed by atoms with Crippen LogP contribution in [0.1, 0.15) is 28.0 Å². The average molecular weight is 381 g/mol. The number of aliphatic hydroxyl groups is 1. The van der Waals surface area contributed by atoms with Gasteiger partial charge in [-0.25, -0.2) is 9.97 Å². The van der Waals surface area contributed by atoms with Crippen molar-refractivity contribution in [2.45, 2.75) is 12.8 Å². The lowest BCUT2D eigenvalue weighted by atomic mass is 9.96. The molecule has 8 nitrogen and oxygen atoms in total. The van der Waals surface area contributed by atoms with E-state index in [0.717, 1.165) is 37.2 Å². The molecule has 28 heavy (non-hydrogen) atoms. The number of carbonyl (C=O) groups is 1. The van der Waals surface area contributed by atoms with E-state index in [1.54, 1.807) is 25.4 Å². The number of nitriles is 1. The zero-order valence-electron chi connectivity index (χ0n) is 15.8. The van der Waals surface area contributed by atoms with Crippen molar-refractivity contribution >= 4 is 11.7 Å². The predicted octanol–water partition coefficient (Wildman–Crippen LogP) is 1.15. The number of aromatic nitrogens is 2. The number of carbonyl (C=O) groups excluding carboxylic acids is 1. The lowest BCUT2D eigenvalue weighted by molar-refractivity contribution is 0.0944. The first-order valence-electron chi connectivity index (χ1n) is 9.18. The van der Waals surface area contributed by atoms with Crippen LogP contribution in [0.3, 0.4) is 0 Å². The first-order valence-corrected chi connectivity index (χ1v) is 9.18.